The predicted octanol–water partition coefficient (Wildman–Crippen LogP) is 4.02. The molecule has 0 amide bonds. The number of halogens is 1. The molecule has 1 aliphatic rings. The molecule has 172 valence electrons. The summed E-state index contributed by atoms with van der Waals surface area (Å²) in [7, 11) is 0. The molecule has 8 heteroatoms. The van der Waals surface area contributed by atoms with Gasteiger partial charge in [-0.1, -0.05) is 24.3 Å². The highest BCUT2D eigenvalue weighted by atomic mass is 127. The van der Waals surface area contributed by atoms with Crippen molar-refractivity contribution in [2.24, 2.45) is 4.99 Å². The van der Waals surface area contributed by atoms with Crippen LogP contribution in [0.5, 0.6) is 0 Å². The number of nitrogens with zero attached hydrogens (tertiary/aromatic N) is 1. The maximum atomic E-state index is 10.7. The van der Waals surface area contributed by atoms with Crippen LogP contribution < -0.4 is 10.6 Å². The molecule has 31 heavy (non-hydrogen) atoms. The predicted molar refractivity (Wildman–Crippen MR) is 137 cm³/mol. The Labute approximate surface area is 206 Å². The van der Waals surface area contributed by atoms with Gasteiger partial charge in [-0.15, -0.1) is 24.0 Å². The highest BCUT2D eigenvalue weighted by Crippen LogP contribution is 2.22. The van der Waals surface area contributed by atoms with Crippen molar-refractivity contribution in [3.8, 4) is 0 Å². The Morgan fingerprint density at radius 2 is 2.03 bits per heavy atom. The van der Waals surface area contributed by atoms with Crippen LogP contribution in [0, 0.1) is 0 Å². The number of rotatable bonds is 9. The molecular formula is C23H34IN3O3S. The highest BCUT2D eigenvalue weighted by molar-refractivity contribution is 14.0. The van der Waals surface area contributed by atoms with Crippen molar-refractivity contribution in [3.05, 3.63) is 57.8 Å². The molecule has 2 heterocycles. The summed E-state index contributed by atoms with van der Waals surface area (Å²) >= 11 is 1.58. The van der Waals surface area contributed by atoms with E-state index in [4.69, 9.17) is 9.47 Å². The number of ether oxygens (including phenoxy) is 2. The van der Waals surface area contributed by atoms with Crippen LogP contribution in [0.1, 0.15) is 43.4 Å². The number of guanidine groups is 1. The third-order valence-corrected chi connectivity index (χ3v) is 5.84. The molecule has 1 aromatic heterocycles. The number of hydrogen-bond donors (Lipinski definition) is 3. The molecule has 1 saturated heterocycles. The second-order valence-electron chi connectivity index (χ2n) is 7.78. The SMILES string of the molecule is CCNC(=NCc1cccc(COC2CCOCC2)c1)NCC(C)(O)c1ccsc1.I. The summed E-state index contributed by atoms with van der Waals surface area (Å²) in [4.78, 5) is 4.69. The molecule has 0 bridgehead atoms. The van der Waals surface area contributed by atoms with Crippen molar-refractivity contribution in [2.75, 3.05) is 26.3 Å². The van der Waals surface area contributed by atoms with Crippen molar-refractivity contribution >= 4 is 41.3 Å². The number of benzene rings is 1. The smallest absolute Gasteiger partial charge is 0.191 e. The molecule has 0 saturated carbocycles. The summed E-state index contributed by atoms with van der Waals surface area (Å²) in [6.45, 7) is 7.74. The molecule has 1 unspecified atom stereocenters. The fourth-order valence-corrected chi connectivity index (χ4v) is 4.10. The van der Waals surface area contributed by atoms with Gasteiger partial charge >= 0.3 is 0 Å². The van der Waals surface area contributed by atoms with E-state index in [0.29, 0.717) is 31.8 Å². The van der Waals surface area contributed by atoms with Gasteiger partial charge in [0.15, 0.2) is 5.96 Å². The van der Waals surface area contributed by atoms with Crippen LogP contribution in [0.4, 0.5) is 0 Å². The monoisotopic (exact) mass is 559 g/mol. The maximum absolute atomic E-state index is 10.7. The highest BCUT2D eigenvalue weighted by Gasteiger charge is 2.23. The van der Waals surface area contributed by atoms with E-state index in [2.05, 4.69) is 39.9 Å². The Morgan fingerprint density at radius 1 is 1.26 bits per heavy atom. The van der Waals surface area contributed by atoms with E-state index in [1.54, 1.807) is 11.3 Å². The van der Waals surface area contributed by atoms with Gasteiger partial charge in [0, 0.05) is 19.8 Å². The molecule has 3 N–H and O–H groups in total. The van der Waals surface area contributed by atoms with Crippen LogP contribution in [0.3, 0.4) is 0 Å². The number of thiophene rings is 1. The lowest BCUT2D eigenvalue weighted by molar-refractivity contribution is -0.0390. The summed E-state index contributed by atoms with van der Waals surface area (Å²) in [5.41, 5.74) is 2.25. The number of aliphatic imine (C=N–C) groups is 1. The molecule has 0 aliphatic carbocycles. The van der Waals surface area contributed by atoms with E-state index >= 15 is 0 Å². The minimum atomic E-state index is -0.947. The number of nitrogens with one attached hydrogen (secondary N) is 2. The lowest BCUT2D eigenvalue weighted by Gasteiger charge is -2.24. The summed E-state index contributed by atoms with van der Waals surface area (Å²) in [6, 6.07) is 10.3. The van der Waals surface area contributed by atoms with E-state index in [9.17, 15) is 5.11 Å². The van der Waals surface area contributed by atoms with E-state index in [1.807, 2.05) is 30.7 Å². The Kier molecular flexibility index (Phi) is 11.2. The number of aliphatic hydroxyl groups is 1. The minimum Gasteiger partial charge on any atom is -0.384 e. The van der Waals surface area contributed by atoms with E-state index in [-0.39, 0.29) is 24.0 Å². The molecule has 3 rings (SSSR count). The first-order valence-electron chi connectivity index (χ1n) is 10.6. The molecule has 1 atom stereocenters. The normalized spacial score (nSPS) is 16.9. The Hall–Kier alpha value is -1.20. The molecule has 0 spiro atoms. The summed E-state index contributed by atoms with van der Waals surface area (Å²) < 4.78 is 11.4. The number of hydrogen-bond acceptors (Lipinski definition) is 5. The third kappa shape index (κ3) is 8.69. The first-order valence-corrected chi connectivity index (χ1v) is 11.6. The van der Waals surface area contributed by atoms with Gasteiger partial charge in [-0.05, 0) is 60.2 Å². The first kappa shape index (κ1) is 26.1. The van der Waals surface area contributed by atoms with Crippen molar-refractivity contribution in [1.29, 1.82) is 0 Å². The molecule has 1 fully saturated rings. The zero-order chi connectivity index (χ0) is 21.2. The van der Waals surface area contributed by atoms with Gasteiger partial charge in [-0.3, -0.25) is 0 Å². The standard InChI is InChI=1S/C23H33N3O3S.HI/c1-3-24-22(26-17-23(2,27)20-9-12-30-16-20)25-14-18-5-4-6-19(13-18)15-29-21-7-10-28-11-8-21;/h4-6,9,12-13,16,21,27H,3,7-8,10-11,14-15,17H2,1-2H3,(H2,24,25,26);1H. The topological polar surface area (TPSA) is 75.1 Å². The van der Waals surface area contributed by atoms with E-state index in [0.717, 1.165) is 49.3 Å². The maximum Gasteiger partial charge on any atom is 0.191 e. The van der Waals surface area contributed by atoms with Gasteiger partial charge < -0.3 is 25.2 Å². The van der Waals surface area contributed by atoms with Gasteiger partial charge in [0.1, 0.15) is 5.60 Å². The van der Waals surface area contributed by atoms with Crippen LogP contribution >= 0.6 is 35.3 Å². The van der Waals surface area contributed by atoms with Gasteiger partial charge in [0.2, 0.25) is 0 Å². The van der Waals surface area contributed by atoms with Gasteiger partial charge in [0.25, 0.3) is 0 Å². The average molecular weight is 560 g/mol. The van der Waals surface area contributed by atoms with E-state index in [1.165, 1.54) is 0 Å². The average Bonchev–Trinajstić information content (AvgIpc) is 3.31. The van der Waals surface area contributed by atoms with Gasteiger partial charge in [0.05, 0.1) is 25.8 Å². The summed E-state index contributed by atoms with van der Waals surface area (Å²) in [5.74, 6) is 0.692. The van der Waals surface area contributed by atoms with Crippen LogP contribution in [-0.4, -0.2) is 43.5 Å². The summed E-state index contributed by atoms with van der Waals surface area (Å²) in [6.07, 6.45) is 2.23. The zero-order valence-electron chi connectivity index (χ0n) is 18.3. The first-order chi connectivity index (χ1) is 14.6. The van der Waals surface area contributed by atoms with Gasteiger partial charge in [-0.2, -0.15) is 11.3 Å². The quantitative estimate of drug-likeness (QED) is 0.246. The Balaban J connectivity index is 0.00000341. The largest absolute Gasteiger partial charge is 0.384 e. The van der Waals surface area contributed by atoms with Crippen molar-refractivity contribution < 1.29 is 14.6 Å². The van der Waals surface area contributed by atoms with Crippen molar-refractivity contribution in [3.63, 3.8) is 0 Å². The fraction of sp³-hybridized carbons (Fsp3) is 0.522. The second-order valence-corrected chi connectivity index (χ2v) is 8.56. The lowest BCUT2D eigenvalue weighted by atomic mass is 9.99. The molecular weight excluding hydrogens is 525 g/mol. The van der Waals surface area contributed by atoms with Crippen molar-refractivity contribution in [1.82, 2.24) is 10.6 Å². The van der Waals surface area contributed by atoms with Crippen LogP contribution in [0.25, 0.3) is 0 Å². The summed E-state index contributed by atoms with van der Waals surface area (Å²) in [5, 5.41) is 21.2. The van der Waals surface area contributed by atoms with Crippen molar-refractivity contribution in [2.45, 2.75) is 51.5 Å². The fourth-order valence-electron chi connectivity index (χ4n) is 3.32. The molecule has 1 aliphatic heterocycles. The zero-order valence-corrected chi connectivity index (χ0v) is 21.4. The molecule has 0 radical (unpaired) electrons. The molecule has 1 aromatic carbocycles. The van der Waals surface area contributed by atoms with Crippen LogP contribution in [-0.2, 0) is 28.2 Å². The van der Waals surface area contributed by atoms with Gasteiger partial charge in [-0.25, -0.2) is 4.99 Å². The molecule has 6 nitrogen and oxygen atoms in total. The minimum absolute atomic E-state index is 0. The van der Waals surface area contributed by atoms with Crippen LogP contribution in [0.15, 0.2) is 46.1 Å². The Bertz CT molecular complexity index is 793. The second kappa shape index (κ2) is 13.4. The van der Waals surface area contributed by atoms with Crippen LogP contribution in [0.2, 0.25) is 0 Å². The lowest BCUT2D eigenvalue weighted by Crippen LogP contribution is -2.44. The third-order valence-electron chi connectivity index (χ3n) is 5.15. The molecule has 2 aromatic rings. The van der Waals surface area contributed by atoms with E-state index < -0.39 is 5.60 Å². The Morgan fingerprint density at radius 3 is 2.74 bits per heavy atom.